The fourth-order valence-corrected chi connectivity index (χ4v) is 4.54. The molecule has 0 unspecified atom stereocenters. The molecule has 0 bridgehead atoms. The molecule has 1 aliphatic rings. The lowest BCUT2D eigenvalue weighted by Crippen LogP contribution is -1.97. The van der Waals surface area contributed by atoms with Gasteiger partial charge in [-0.2, -0.15) is 0 Å². The lowest BCUT2D eigenvalue weighted by atomic mass is 10.0. The Bertz CT molecular complexity index is 1250. The van der Waals surface area contributed by atoms with Gasteiger partial charge in [-0.25, -0.2) is 0 Å². The van der Waals surface area contributed by atoms with Gasteiger partial charge in [-0.05, 0) is 41.3 Å². The fourth-order valence-electron chi connectivity index (χ4n) is 4.54. The van der Waals surface area contributed by atoms with Crippen LogP contribution in [-0.2, 0) is 6.42 Å². The Morgan fingerprint density at radius 3 is 1.92 bits per heavy atom. The van der Waals surface area contributed by atoms with Gasteiger partial charge in [-0.15, -0.1) is 0 Å². The molecule has 122 valence electrons. The van der Waals surface area contributed by atoms with Crippen LogP contribution in [0.4, 0.5) is 0 Å². The molecule has 0 amide bonds. The van der Waals surface area contributed by atoms with Crippen molar-refractivity contribution in [2.45, 2.75) is 6.42 Å². The van der Waals surface area contributed by atoms with Crippen molar-refractivity contribution in [3.8, 4) is 16.8 Å². The first-order chi connectivity index (χ1) is 12.9. The van der Waals surface area contributed by atoms with Gasteiger partial charge < -0.3 is 4.57 Å². The topological polar surface area (TPSA) is 4.93 Å². The summed E-state index contributed by atoms with van der Waals surface area (Å²) >= 11 is 0. The molecule has 1 nitrogen and oxygen atoms in total. The summed E-state index contributed by atoms with van der Waals surface area (Å²) in [5.41, 5.74) is 9.43. The average molecular weight is 331 g/mol. The molecule has 0 aliphatic heterocycles. The second-order valence-corrected chi connectivity index (χ2v) is 7.01. The largest absolute Gasteiger partial charge is 0.309 e. The molecule has 6 rings (SSSR count). The molecule has 5 aromatic rings. The number of rotatable bonds is 1. The van der Waals surface area contributed by atoms with Gasteiger partial charge in [-0.3, -0.25) is 0 Å². The maximum absolute atomic E-state index is 2.44. The van der Waals surface area contributed by atoms with Gasteiger partial charge in [0.2, 0.25) is 0 Å². The van der Waals surface area contributed by atoms with Crippen LogP contribution in [0, 0.1) is 0 Å². The smallest absolute Gasteiger partial charge is 0.0543 e. The van der Waals surface area contributed by atoms with E-state index in [0.717, 1.165) is 6.42 Å². The van der Waals surface area contributed by atoms with E-state index in [1.54, 1.807) is 0 Å². The zero-order valence-electron chi connectivity index (χ0n) is 14.3. The zero-order chi connectivity index (χ0) is 17.1. The van der Waals surface area contributed by atoms with E-state index in [1.807, 2.05) is 0 Å². The Labute approximate surface area is 152 Å². The quantitative estimate of drug-likeness (QED) is 0.330. The van der Waals surface area contributed by atoms with Crippen LogP contribution in [0.2, 0.25) is 0 Å². The number of para-hydroxylation sites is 2. The summed E-state index contributed by atoms with van der Waals surface area (Å²) < 4.78 is 2.44. The second kappa shape index (κ2) is 5.09. The summed E-state index contributed by atoms with van der Waals surface area (Å²) in [6, 6.07) is 33.0. The summed E-state index contributed by atoms with van der Waals surface area (Å²) in [4.78, 5) is 0. The molecule has 0 radical (unpaired) electrons. The predicted molar refractivity (Wildman–Crippen MR) is 109 cm³/mol. The van der Waals surface area contributed by atoms with Crippen LogP contribution in [0.25, 0.3) is 38.6 Å². The molecule has 26 heavy (non-hydrogen) atoms. The van der Waals surface area contributed by atoms with E-state index < -0.39 is 0 Å². The lowest BCUT2D eigenvalue weighted by Gasteiger charge is -2.14. The first-order valence-corrected chi connectivity index (χ1v) is 9.10. The van der Waals surface area contributed by atoms with Crippen molar-refractivity contribution in [3.05, 3.63) is 102 Å². The van der Waals surface area contributed by atoms with Gasteiger partial charge in [-0.1, -0.05) is 72.8 Å². The molecule has 1 aliphatic carbocycles. The monoisotopic (exact) mass is 331 g/mol. The number of aromatic nitrogens is 1. The highest BCUT2D eigenvalue weighted by atomic mass is 15.0. The maximum atomic E-state index is 2.44. The van der Waals surface area contributed by atoms with Crippen molar-refractivity contribution < 1.29 is 0 Å². The van der Waals surface area contributed by atoms with Crippen LogP contribution >= 0.6 is 0 Å². The predicted octanol–water partition coefficient (Wildman–Crippen LogP) is 6.35. The van der Waals surface area contributed by atoms with Gasteiger partial charge in [0, 0.05) is 16.3 Å². The molecule has 0 N–H and O–H groups in total. The highest BCUT2D eigenvalue weighted by Gasteiger charge is 2.23. The van der Waals surface area contributed by atoms with E-state index >= 15 is 0 Å². The molecule has 4 aromatic carbocycles. The Kier molecular flexibility index (Phi) is 2.72. The van der Waals surface area contributed by atoms with Gasteiger partial charge >= 0.3 is 0 Å². The van der Waals surface area contributed by atoms with Crippen molar-refractivity contribution in [1.29, 1.82) is 0 Å². The van der Waals surface area contributed by atoms with E-state index in [1.165, 1.54) is 49.7 Å². The SMILES string of the molecule is c1ccc2c(c1)Cc1cccc(-n3c4ccccc4c4ccccc43)c1-2. The third-order valence-corrected chi connectivity index (χ3v) is 5.62. The first kappa shape index (κ1) is 13.9. The van der Waals surface area contributed by atoms with Crippen LogP contribution in [0.5, 0.6) is 0 Å². The van der Waals surface area contributed by atoms with E-state index in [4.69, 9.17) is 0 Å². The Balaban J connectivity index is 1.79. The molecular formula is C25H17N. The third kappa shape index (κ3) is 1.75. The third-order valence-electron chi connectivity index (χ3n) is 5.62. The molecule has 1 aromatic heterocycles. The number of fused-ring (bicyclic) bond motifs is 6. The van der Waals surface area contributed by atoms with E-state index in [-0.39, 0.29) is 0 Å². The minimum absolute atomic E-state index is 1.02. The molecule has 1 heteroatoms. The number of benzene rings is 4. The van der Waals surface area contributed by atoms with Crippen molar-refractivity contribution in [2.75, 3.05) is 0 Å². The summed E-state index contributed by atoms with van der Waals surface area (Å²) in [6.45, 7) is 0. The summed E-state index contributed by atoms with van der Waals surface area (Å²) in [5.74, 6) is 0. The van der Waals surface area contributed by atoms with Crippen molar-refractivity contribution in [2.24, 2.45) is 0 Å². The van der Waals surface area contributed by atoms with Crippen LogP contribution in [-0.4, -0.2) is 4.57 Å². The lowest BCUT2D eigenvalue weighted by molar-refractivity contribution is 1.17. The van der Waals surface area contributed by atoms with E-state index in [2.05, 4.69) is 95.6 Å². The summed E-state index contributed by atoms with van der Waals surface area (Å²) in [6.07, 6.45) is 1.02. The molecule has 1 heterocycles. The standard InChI is InChI=1S/C25H17N/c1-2-10-19-17(8-1)16-18-9-7-15-24(25(18)19)26-22-13-5-3-11-20(22)21-12-4-6-14-23(21)26/h1-15H,16H2. The number of hydrogen-bond donors (Lipinski definition) is 0. The maximum Gasteiger partial charge on any atom is 0.0543 e. The minimum atomic E-state index is 1.02. The van der Waals surface area contributed by atoms with Crippen molar-refractivity contribution in [3.63, 3.8) is 0 Å². The first-order valence-electron chi connectivity index (χ1n) is 9.10. The summed E-state index contributed by atoms with van der Waals surface area (Å²) in [7, 11) is 0. The average Bonchev–Trinajstić information content (AvgIpc) is 3.24. The highest BCUT2D eigenvalue weighted by molar-refractivity contribution is 6.09. The van der Waals surface area contributed by atoms with Crippen molar-refractivity contribution in [1.82, 2.24) is 4.57 Å². The van der Waals surface area contributed by atoms with E-state index in [0.29, 0.717) is 0 Å². The van der Waals surface area contributed by atoms with Gasteiger partial charge in [0.1, 0.15) is 0 Å². The molecular weight excluding hydrogens is 314 g/mol. The Morgan fingerprint density at radius 1 is 0.538 bits per heavy atom. The Hall–Kier alpha value is -3.32. The number of hydrogen-bond acceptors (Lipinski definition) is 0. The molecule has 0 fully saturated rings. The van der Waals surface area contributed by atoms with Crippen LogP contribution in [0.1, 0.15) is 11.1 Å². The highest BCUT2D eigenvalue weighted by Crippen LogP contribution is 2.42. The van der Waals surface area contributed by atoms with Gasteiger partial charge in [0.05, 0.1) is 16.7 Å². The minimum Gasteiger partial charge on any atom is -0.309 e. The normalized spacial score (nSPS) is 12.5. The van der Waals surface area contributed by atoms with Crippen molar-refractivity contribution >= 4 is 21.8 Å². The van der Waals surface area contributed by atoms with Crippen LogP contribution < -0.4 is 0 Å². The van der Waals surface area contributed by atoms with Crippen LogP contribution in [0.3, 0.4) is 0 Å². The molecule has 0 spiro atoms. The fraction of sp³-hybridized carbons (Fsp3) is 0.0400. The Morgan fingerprint density at radius 2 is 1.15 bits per heavy atom. The second-order valence-electron chi connectivity index (χ2n) is 7.01. The molecule has 0 saturated carbocycles. The summed E-state index contributed by atoms with van der Waals surface area (Å²) in [5, 5.41) is 2.62. The molecule has 0 atom stereocenters. The molecule has 0 saturated heterocycles. The van der Waals surface area contributed by atoms with Crippen LogP contribution in [0.15, 0.2) is 91.0 Å². The van der Waals surface area contributed by atoms with Gasteiger partial charge in [0.25, 0.3) is 0 Å². The number of nitrogens with zero attached hydrogens (tertiary/aromatic N) is 1. The van der Waals surface area contributed by atoms with E-state index in [9.17, 15) is 0 Å². The zero-order valence-corrected chi connectivity index (χ0v) is 14.3. The van der Waals surface area contributed by atoms with Gasteiger partial charge in [0.15, 0.2) is 0 Å².